The van der Waals surface area contributed by atoms with Gasteiger partial charge in [-0.05, 0) is 35.1 Å². The number of hydrogen-bond acceptors (Lipinski definition) is 6. The molecule has 0 atom stereocenters. The number of allylic oxidation sites excluding steroid dienone is 8. The molecule has 0 heterocycles. The maximum absolute atomic E-state index is 11.3. The van der Waals surface area contributed by atoms with Gasteiger partial charge < -0.3 is 0 Å². The first-order valence-electron chi connectivity index (χ1n) is 7.07. The molecule has 24 heavy (non-hydrogen) atoms. The largest absolute Gasteiger partial charge is 0.298 e. The van der Waals surface area contributed by atoms with Crippen molar-refractivity contribution in [2.24, 2.45) is 0 Å². The Morgan fingerprint density at radius 2 is 1.08 bits per heavy atom. The lowest BCUT2D eigenvalue weighted by atomic mass is 9.90. The summed E-state index contributed by atoms with van der Waals surface area (Å²) in [5, 5.41) is 0. The van der Waals surface area contributed by atoms with E-state index in [-0.39, 0.29) is 22.6 Å². The Balaban J connectivity index is 2.29. The lowest BCUT2D eigenvalue weighted by molar-refractivity contribution is -0.105. The first-order chi connectivity index (χ1) is 11.5. The van der Waals surface area contributed by atoms with Gasteiger partial charge in [0.1, 0.15) is 12.6 Å². The molecule has 0 N–H and O–H groups in total. The Labute approximate surface area is 141 Å². The molecule has 0 unspecified atom stereocenters. The first-order valence-corrected chi connectivity index (χ1v) is 9.22. The molecule has 0 amide bonds. The molecule has 126 valence electrons. The van der Waals surface area contributed by atoms with Crippen molar-refractivity contribution in [2.75, 3.05) is 0 Å². The Morgan fingerprint density at radius 3 is 1.38 bits per heavy atom. The molecular weight excluding hydrogens is 352 g/mol. The SMILES string of the molecule is O=CC1=CC=C(CCC2=CC=C(C=O)CC2=S(=O)=O)C(=S(=O)=O)C1. The molecule has 0 saturated heterocycles. The highest BCUT2D eigenvalue weighted by molar-refractivity contribution is 7.73. The second-order valence-electron chi connectivity index (χ2n) is 5.27. The van der Waals surface area contributed by atoms with Crippen LogP contribution in [0.25, 0.3) is 0 Å². The molecule has 0 spiro atoms. The van der Waals surface area contributed by atoms with Gasteiger partial charge in [-0.25, -0.2) is 0 Å². The minimum atomic E-state index is -2.44. The molecule has 0 aromatic carbocycles. The highest BCUT2D eigenvalue weighted by atomic mass is 32.2. The third kappa shape index (κ3) is 4.15. The van der Waals surface area contributed by atoms with Crippen LogP contribution < -0.4 is 0 Å². The molecule has 0 aromatic rings. The van der Waals surface area contributed by atoms with Crippen LogP contribution in [-0.2, 0) is 30.2 Å². The van der Waals surface area contributed by atoms with Gasteiger partial charge in [-0.15, -0.1) is 0 Å². The fraction of sp³-hybridized carbons (Fsp3) is 0.250. The van der Waals surface area contributed by atoms with Gasteiger partial charge in [0, 0.05) is 12.8 Å². The minimum Gasteiger partial charge on any atom is -0.298 e. The Morgan fingerprint density at radius 1 is 0.708 bits per heavy atom. The van der Waals surface area contributed by atoms with E-state index in [1.165, 1.54) is 0 Å². The van der Waals surface area contributed by atoms with Gasteiger partial charge in [-0.2, -0.15) is 16.8 Å². The molecule has 2 aliphatic rings. The molecule has 0 fully saturated rings. The predicted molar refractivity (Wildman–Crippen MR) is 90.8 cm³/mol. The minimum absolute atomic E-state index is 0.0454. The van der Waals surface area contributed by atoms with Crippen molar-refractivity contribution < 1.29 is 26.4 Å². The van der Waals surface area contributed by atoms with Gasteiger partial charge in [0.2, 0.25) is 20.6 Å². The fourth-order valence-electron chi connectivity index (χ4n) is 2.53. The van der Waals surface area contributed by atoms with Gasteiger partial charge in [-0.1, -0.05) is 24.3 Å². The molecule has 2 rings (SSSR count). The average molecular weight is 366 g/mol. The van der Waals surface area contributed by atoms with Gasteiger partial charge in [0.05, 0.1) is 9.73 Å². The van der Waals surface area contributed by atoms with Crippen molar-refractivity contribution in [2.45, 2.75) is 25.7 Å². The van der Waals surface area contributed by atoms with E-state index in [1.54, 1.807) is 24.3 Å². The van der Waals surface area contributed by atoms with Crippen LogP contribution in [0.15, 0.2) is 46.6 Å². The van der Waals surface area contributed by atoms with E-state index in [2.05, 4.69) is 0 Å². The lowest BCUT2D eigenvalue weighted by Gasteiger charge is -2.15. The molecule has 0 bridgehead atoms. The molecule has 0 radical (unpaired) electrons. The van der Waals surface area contributed by atoms with Crippen molar-refractivity contribution in [1.29, 1.82) is 0 Å². The molecule has 0 saturated carbocycles. The smallest absolute Gasteiger partial charge is 0.217 e. The summed E-state index contributed by atoms with van der Waals surface area (Å²) in [4.78, 5) is 21.9. The first kappa shape index (κ1) is 18.0. The maximum atomic E-state index is 11.3. The van der Waals surface area contributed by atoms with Crippen LogP contribution in [0.5, 0.6) is 0 Å². The summed E-state index contributed by atoms with van der Waals surface area (Å²) >= 11 is 0. The number of aldehydes is 2. The third-order valence-corrected chi connectivity index (χ3v) is 5.43. The second-order valence-corrected chi connectivity index (χ2v) is 7.20. The van der Waals surface area contributed by atoms with E-state index < -0.39 is 20.6 Å². The summed E-state index contributed by atoms with van der Waals surface area (Å²) in [7, 11) is -4.89. The summed E-state index contributed by atoms with van der Waals surface area (Å²) < 4.78 is 45.4. The van der Waals surface area contributed by atoms with Crippen molar-refractivity contribution in [3.63, 3.8) is 0 Å². The Hall–Kier alpha value is -2.32. The Kier molecular flexibility index (Phi) is 5.99. The molecule has 6 nitrogen and oxygen atoms in total. The van der Waals surface area contributed by atoms with Crippen LogP contribution >= 0.6 is 0 Å². The predicted octanol–water partition coefficient (Wildman–Crippen LogP) is 0.780. The zero-order chi connectivity index (χ0) is 17.7. The van der Waals surface area contributed by atoms with E-state index >= 15 is 0 Å². The summed E-state index contributed by atoms with van der Waals surface area (Å²) in [6.45, 7) is 0. The van der Waals surface area contributed by atoms with Crippen molar-refractivity contribution in [1.82, 2.24) is 0 Å². The monoisotopic (exact) mass is 366 g/mol. The number of carbonyl (C=O) groups excluding carboxylic acids is 2. The van der Waals surface area contributed by atoms with E-state index in [1.807, 2.05) is 0 Å². The van der Waals surface area contributed by atoms with Crippen LogP contribution in [0.1, 0.15) is 25.7 Å². The van der Waals surface area contributed by atoms with E-state index in [0.29, 0.717) is 47.7 Å². The zero-order valence-corrected chi connectivity index (χ0v) is 14.2. The van der Waals surface area contributed by atoms with Gasteiger partial charge >= 0.3 is 0 Å². The standard InChI is InChI=1S/C16H14O6S2/c17-9-11-1-3-13(15(7-11)23(19)20)5-6-14-4-2-12(10-18)8-16(14)24(21)22/h1-4,9-10H,5-8H2. The zero-order valence-electron chi connectivity index (χ0n) is 12.6. The van der Waals surface area contributed by atoms with Crippen molar-refractivity contribution in [3.8, 4) is 0 Å². The van der Waals surface area contributed by atoms with Gasteiger partial charge in [0.15, 0.2) is 0 Å². The van der Waals surface area contributed by atoms with Crippen LogP contribution in [0.4, 0.5) is 0 Å². The van der Waals surface area contributed by atoms with Crippen LogP contribution in [0.3, 0.4) is 0 Å². The van der Waals surface area contributed by atoms with E-state index in [4.69, 9.17) is 0 Å². The average Bonchev–Trinajstić information content (AvgIpc) is 2.59. The van der Waals surface area contributed by atoms with Crippen LogP contribution in [0, 0.1) is 0 Å². The van der Waals surface area contributed by atoms with Crippen molar-refractivity contribution in [3.05, 3.63) is 46.6 Å². The second kappa shape index (κ2) is 7.98. The highest BCUT2D eigenvalue weighted by Crippen LogP contribution is 2.24. The van der Waals surface area contributed by atoms with Crippen molar-refractivity contribution >= 4 is 42.9 Å². The number of carbonyl (C=O) groups is 2. The van der Waals surface area contributed by atoms with Gasteiger partial charge in [-0.3, -0.25) is 9.59 Å². The van der Waals surface area contributed by atoms with E-state index in [0.717, 1.165) is 0 Å². The number of rotatable bonds is 5. The maximum Gasteiger partial charge on any atom is 0.217 e. The lowest BCUT2D eigenvalue weighted by Crippen LogP contribution is -2.14. The summed E-state index contributed by atoms with van der Waals surface area (Å²) in [6, 6.07) is 0. The Bertz CT molecular complexity index is 885. The topological polar surface area (TPSA) is 102 Å². The quantitative estimate of drug-likeness (QED) is 0.526. The normalized spacial score (nSPS) is 17.3. The summed E-state index contributed by atoms with van der Waals surface area (Å²) in [6.07, 6.45) is 8.23. The fourth-order valence-corrected chi connectivity index (χ4v) is 3.86. The van der Waals surface area contributed by atoms with Crippen LogP contribution in [-0.4, -0.2) is 39.1 Å². The molecule has 0 aromatic heterocycles. The van der Waals surface area contributed by atoms with Gasteiger partial charge in [0.25, 0.3) is 0 Å². The molecular formula is C16H14O6S2. The molecule has 2 aliphatic carbocycles. The molecule has 0 aliphatic heterocycles. The summed E-state index contributed by atoms with van der Waals surface area (Å²) in [5.41, 5.74) is 1.86. The third-order valence-electron chi connectivity index (χ3n) is 3.81. The van der Waals surface area contributed by atoms with Crippen LogP contribution in [0.2, 0.25) is 0 Å². The summed E-state index contributed by atoms with van der Waals surface area (Å²) in [5.74, 6) is 0. The molecule has 8 heteroatoms. The van der Waals surface area contributed by atoms with E-state index in [9.17, 15) is 26.4 Å². The number of hydrogen-bond donors (Lipinski definition) is 0. The highest BCUT2D eigenvalue weighted by Gasteiger charge is 2.19.